The lowest BCUT2D eigenvalue weighted by atomic mass is 9.94. The molecule has 2 aromatic rings. The van der Waals surface area contributed by atoms with Crippen molar-refractivity contribution in [2.75, 3.05) is 24.9 Å². The number of nitrogens with zero attached hydrogens (tertiary/aromatic N) is 1. The van der Waals surface area contributed by atoms with Crippen LogP contribution in [0.2, 0.25) is 0 Å². The Morgan fingerprint density at radius 3 is 2.32 bits per heavy atom. The second-order valence-electron chi connectivity index (χ2n) is 8.18. The minimum Gasteiger partial charge on any atom is -0.497 e. The number of amides is 3. The van der Waals surface area contributed by atoms with Crippen molar-refractivity contribution < 1.29 is 23.9 Å². The number of nitrogens with one attached hydrogen (secondary N) is 2. The van der Waals surface area contributed by atoms with E-state index in [0.29, 0.717) is 28.4 Å². The average Bonchev–Trinajstić information content (AvgIpc) is 3.08. The molecule has 0 saturated heterocycles. The molecule has 178 valence electrons. The molecule has 4 rings (SSSR count). The van der Waals surface area contributed by atoms with Gasteiger partial charge in [-0.15, -0.1) is 0 Å². The SMILES string of the molecule is COc1ccc(NC(=O)c2ccc(NC3=C(Cl)C(=O)N(C4CCCCC4)C3=O)cc2)c(OC)c1. The van der Waals surface area contributed by atoms with Crippen LogP contribution in [0.1, 0.15) is 42.5 Å². The molecule has 1 fully saturated rings. The molecule has 0 radical (unpaired) electrons. The van der Waals surface area contributed by atoms with E-state index in [1.165, 1.54) is 12.0 Å². The number of methoxy groups -OCH3 is 2. The molecule has 0 aromatic heterocycles. The van der Waals surface area contributed by atoms with Crippen molar-refractivity contribution in [2.24, 2.45) is 0 Å². The molecule has 8 nitrogen and oxygen atoms in total. The molecule has 0 atom stereocenters. The van der Waals surface area contributed by atoms with Crippen LogP contribution in [-0.4, -0.2) is 42.9 Å². The maximum atomic E-state index is 12.9. The van der Waals surface area contributed by atoms with E-state index < -0.39 is 11.8 Å². The normalized spacial score (nSPS) is 16.6. The molecular weight excluding hydrogens is 458 g/mol. The number of hydrogen-bond donors (Lipinski definition) is 2. The van der Waals surface area contributed by atoms with Crippen LogP contribution in [-0.2, 0) is 9.59 Å². The zero-order chi connectivity index (χ0) is 24.2. The van der Waals surface area contributed by atoms with Gasteiger partial charge < -0.3 is 20.1 Å². The summed E-state index contributed by atoms with van der Waals surface area (Å²) >= 11 is 6.23. The molecule has 1 aliphatic carbocycles. The highest BCUT2D eigenvalue weighted by molar-refractivity contribution is 6.48. The number of carbonyl (C=O) groups excluding carboxylic acids is 3. The Kier molecular flexibility index (Phi) is 7.07. The monoisotopic (exact) mass is 483 g/mol. The van der Waals surface area contributed by atoms with Crippen molar-refractivity contribution in [1.82, 2.24) is 4.90 Å². The molecule has 9 heteroatoms. The summed E-state index contributed by atoms with van der Waals surface area (Å²) < 4.78 is 10.5. The van der Waals surface area contributed by atoms with Crippen LogP contribution in [0.25, 0.3) is 0 Å². The van der Waals surface area contributed by atoms with Crippen molar-refractivity contribution in [2.45, 2.75) is 38.1 Å². The number of imide groups is 1. The van der Waals surface area contributed by atoms with E-state index in [-0.39, 0.29) is 22.7 Å². The first-order chi connectivity index (χ1) is 16.4. The van der Waals surface area contributed by atoms with E-state index in [4.69, 9.17) is 21.1 Å². The summed E-state index contributed by atoms with van der Waals surface area (Å²) in [6.45, 7) is 0. The lowest BCUT2D eigenvalue weighted by Gasteiger charge is -2.29. The van der Waals surface area contributed by atoms with Gasteiger partial charge in [0.25, 0.3) is 17.7 Å². The van der Waals surface area contributed by atoms with E-state index in [9.17, 15) is 14.4 Å². The molecule has 0 bridgehead atoms. The average molecular weight is 484 g/mol. The van der Waals surface area contributed by atoms with E-state index >= 15 is 0 Å². The van der Waals surface area contributed by atoms with Crippen LogP contribution < -0.4 is 20.1 Å². The highest BCUT2D eigenvalue weighted by Gasteiger charge is 2.42. The van der Waals surface area contributed by atoms with Gasteiger partial charge in [-0.2, -0.15) is 0 Å². The Hall–Kier alpha value is -3.52. The standard InChI is InChI=1S/C25H26ClN3O5/c1-33-18-12-13-19(20(14-18)34-2)28-23(30)15-8-10-16(11-9-15)27-22-21(26)24(31)29(25(22)32)17-6-4-3-5-7-17/h8-14,17,27H,3-7H2,1-2H3,(H,28,30). The third-order valence-electron chi connectivity index (χ3n) is 6.07. The van der Waals surface area contributed by atoms with Gasteiger partial charge in [0.2, 0.25) is 0 Å². The van der Waals surface area contributed by atoms with Gasteiger partial charge in [0.15, 0.2) is 0 Å². The zero-order valence-corrected chi connectivity index (χ0v) is 19.8. The molecule has 1 aliphatic heterocycles. The lowest BCUT2D eigenvalue weighted by Crippen LogP contribution is -2.42. The minimum atomic E-state index is -0.453. The Balaban J connectivity index is 1.44. The van der Waals surface area contributed by atoms with Crippen molar-refractivity contribution in [3.05, 3.63) is 58.8 Å². The van der Waals surface area contributed by atoms with Gasteiger partial charge >= 0.3 is 0 Å². The van der Waals surface area contributed by atoms with E-state index in [1.54, 1.807) is 49.6 Å². The quantitative estimate of drug-likeness (QED) is 0.562. The third kappa shape index (κ3) is 4.72. The van der Waals surface area contributed by atoms with Crippen LogP contribution in [0, 0.1) is 0 Å². The topological polar surface area (TPSA) is 97.0 Å². The van der Waals surface area contributed by atoms with Crippen molar-refractivity contribution in [3.8, 4) is 11.5 Å². The zero-order valence-electron chi connectivity index (χ0n) is 19.0. The van der Waals surface area contributed by atoms with Gasteiger partial charge in [0, 0.05) is 23.4 Å². The molecule has 34 heavy (non-hydrogen) atoms. The first-order valence-electron chi connectivity index (χ1n) is 11.1. The minimum absolute atomic E-state index is 0.0670. The summed E-state index contributed by atoms with van der Waals surface area (Å²) in [5, 5.41) is 5.66. The maximum absolute atomic E-state index is 12.9. The number of carbonyl (C=O) groups is 3. The summed E-state index contributed by atoms with van der Waals surface area (Å²) in [4.78, 5) is 39.5. The number of benzene rings is 2. The number of anilines is 2. The van der Waals surface area contributed by atoms with Gasteiger partial charge in [-0.1, -0.05) is 30.9 Å². The van der Waals surface area contributed by atoms with E-state index in [2.05, 4.69) is 10.6 Å². The Labute approximate surface area is 202 Å². The molecule has 2 aromatic carbocycles. The predicted octanol–water partition coefficient (Wildman–Crippen LogP) is 4.52. The summed E-state index contributed by atoms with van der Waals surface area (Å²) in [5.41, 5.74) is 1.52. The van der Waals surface area contributed by atoms with Crippen LogP contribution in [0.3, 0.4) is 0 Å². The Bertz CT molecular complexity index is 1140. The van der Waals surface area contributed by atoms with Crippen LogP contribution in [0.15, 0.2) is 53.2 Å². The van der Waals surface area contributed by atoms with Crippen LogP contribution >= 0.6 is 11.6 Å². The summed E-state index contributed by atoms with van der Waals surface area (Å²) in [6.07, 6.45) is 4.71. The second-order valence-corrected chi connectivity index (χ2v) is 8.56. The number of halogens is 1. The Morgan fingerprint density at radius 2 is 1.68 bits per heavy atom. The second kappa shape index (κ2) is 10.2. The Morgan fingerprint density at radius 1 is 0.971 bits per heavy atom. The molecule has 2 aliphatic rings. The molecule has 1 saturated carbocycles. The predicted molar refractivity (Wildman–Crippen MR) is 129 cm³/mol. The first-order valence-corrected chi connectivity index (χ1v) is 11.5. The molecular formula is C25H26ClN3O5. The van der Waals surface area contributed by atoms with Crippen molar-refractivity contribution >= 4 is 40.7 Å². The van der Waals surface area contributed by atoms with Crippen LogP contribution in [0.5, 0.6) is 11.5 Å². The first kappa shape index (κ1) is 23.6. The summed E-state index contributed by atoms with van der Waals surface area (Å²) in [7, 11) is 3.06. The highest BCUT2D eigenvalue weighted by Crippen LogP contribution is 2.32. The largest absolute Gasteiger partial charge is 0.497 e. The number of rotatable bonds is 7. The van der Waals surface area contributed by atoms with Gasteiger partial charge in [-0.25, -0.2) is 0 Å². The van der Waals surface area contributed by atoms with Gasteiger partial charge in [0.1, 0.15) is 22.2 Å². The van der Waals surface area contributed by atoms with Crippen molar-refractivity contribution in [1.29, 1.82) is 0 Å². The molecule has 2 N–H and O–H groups in total. The van der Waals surface area contributed by atoms with E-state index in [0.717, 1.165) is 32.1 Å². The molecule has 1 heterocycles. The van der Waals surface area contributed by atoms with Gasteiger partial charge in [0.05, 0.1) is 19.9 Å². The fraction of sp³-hybridized carbons (Fsp3) is 0.320. The van der Waals surface area contributed by atoms with E-state index in [1.807, 2.05) is 0 Å². The van der Waals surface area contributed by atoms with Crippen LogP contribution in [0.4, 0.5) is 11.4 Å². The number of hydrogen-bond acceptors (Lipinski definition) is 6. The van der Waals surface area contributed by atoms with Crippen molar-refractivity contribution in [3.63, 3.8) is 0 Å². The fourth-order valence-corrected chi connectivity index (χ4v) is 4.46. The van der Waals surface area contributed by atoms with Gasteiger partial charge in [-0.05, 0) is 49.2 Å². The molecule has 0 spiro atoms. The number of ether oxygens (including phenoxy) is 2. The lowest BCUT2D eigenvalue weighted by molar-refractivity contribution is -0.140. The fourth-order valence-electron chi connectivity index (χ4n) is 4.24. The highest BCUT2D eigenvalue weighted by atomic mass is 35.5. The molecule has 0 unspecified atom stereocenters. The summed E-state index contributed by atoms with van der Waals surface area (Å²) in [5.74, 6) is -0.108. The maximum Gasteiger partial charge on any atom is 0.279 e. The van der Waals surface area contributed by atoms with Gasteiger partial charge in [-0.3, -0.25) is 19.3 Å². The third-order valence-corrected chi connectivity index (χ3v) is 6.42. The molecule has 3 amide bonds. The summed E-state index contributed by atoms with van der Waals surface area (Å²) in [6, 6.07) is 11.5. The smallest absolute Gasteiger partial charge is 0.279 e.